The Labute approximate surface area is 187 Å². The summed E-state index contributed by atoms with van der Waals surface area (Å²) in [5.74, 6) is 0.877. The highest BCUT2D eigenvalue weighted by molar-refractivity contribution is 5.94. The molecule has 0 bridgehead atoms. The number of carbonyl (C=O) groups excluding carboxylic acids is 1. The average Bonchev–Trinajstić information content (AvgIpc) is 3.38. The number of hydrogen-bond donors (Lipinski definition) is 1. The molecule has 32 heavy (non-hydrogen) atoms. The number of carboxylic acids is 1. The molecule has 6 nitrogen and oxygen atoms in total. The Morgan fingerprint density at radius 2 is 1.88 bits per heavy atom. The maximum absolute atomic E-state index is 12.9. The minimum Gasteiger partial charge on any atom is -0.493 e. The second-order valence-electron chi connectivity index (χ2n) is 8.25. The number of hydrogen-bond acceptors (Lipinski definition) is 4. The number of carboxylic acid groups (broad SMARTS) is 1. The van der Waals surface area contributed by atoms with Crippen LogP contribution in [0.3, 0.4) is 0 Å². The molecule has 2 aromatic carbocycles. The lowest BCUT2D eigenvalue weighted by molar-refractivity contribution is -0.138. The third kappa shape index (κ3) is 5.19. The van der Waals surface area contributed by atoms with E-state index < -0.39 is 5.97 Å². The van der Waals surface area contributed by atoms with Gasteiger partial charge in [0.25, 0.3) is 5.91 Å². The van der Waals surface area contributed by atoms with Crippen molar-refractivity contribution in [3.05, 3.63) is 78.1 Å². The predicted octanol–water partition coefficient (Wildman–Crippen LogP) is 5.10. The fourth-order valence-electron chi connectivity index (χ4n) is 3.94. The van der Waals surface area contributed by atoms with Crippen LogP contribution >= 0.6 is 0 Å². The van der Waals surface area contributed by atoms with Gasteiger partial charge < -0.3 is 19.2 Å². The number of furan rings is 1. The fraction of sp³-hybridized carbons (Fsp3) is 0.308. The van der Waals surface area contributed by atoms with E-state index in [4.69, 9.17) is 14.3 Å². The number of para-hydroxylation sites is 1. The molecule has 0 aliphatic heterocycles. The molecular formula is C26H27NO5. The molecule has 0 spiro atoms. The van der Waals surface area contributed by atoms with E-state index in [9.17, 15) is 9.59 Å². The lowest BCUT2D eigenvalue weighted by Crippen LogP contribution is -2.26. The normalized spacial score (nSPS) is 17.0. The van der Waals surface area contributed by atoms with Gasteiger partial charge >= 0.3 is 5.97 Å². The number of aliphatic carboxylic acids is 1. The van der Waals surface area contributed by atoms with Crippen molar-refractivity contribution in [2.24, 2.45) is 11.8 Å². The van der Waals surface area contributed by atoms with E-state index >= 15 is 0 Å². The molecule has 2 atom stereocenters. The van der Waals surface area contributed by atoms with Crippen molar-refractivity contribution in [1.29, 1.82) is 0 Å². The number of carbonyl (C=O) groups is 2. The summed E-state index contributed by atoms with van der Waals surface area (Å²) in [6.07, 6.45) is 4.09. The van der Waals surface area contributed by atoms with Crippen LogP contribution in [0.25, 0.3) is 11.3 Å². The molecule has 1 aliphatic carbocycles. The first-order valence-electron chi connectivity index (χ1n) is 10.9. The summed E-state index contributed by atoms with van der Waals surface area (Å²) in [6.45, 7) is 0.963. The van der Waals surface area contributed by atoms with Crippen molar-refractivity contribution < 1.29 is 23.8 Å². The van der Waals surface area contributed by atoms with Crippen LogP contribution in [0.5, 0.6) is 5.75 Å². The molecule has 0 radical (unpaired) electrons. The fourth-order valence-corrected chi connectivity index (χ4v) is 3.94. The standard InChI is InChI=1S/C26H27NO5/c1-27(25(28)19-12-10-18(11-13-19)23-9-5-15-31-23)17-21-6-2-3-8-24(21)32-14-4-7-20-16-22(20)26(29)30/h2-3,5-6,8-13,15,20,22H,4,7,14,16-17H2,1H3,(H,29,30)/t20?,22-/m1/s1. The van der Waals surface area contributed by atoms with Crippen LogP contribution in [0.4, 0.5) is 0 Å². The molecule has 1 aromatic heterocycles. The van der Waals surface area contributed by atoms with E-state index in [1.165, 1.54) is 0 Å². The van der Waals surface area contributed by atoms with Gasteiger partial charge in [-0.1, -0.05) is 30.3 Å². The number of benzene rings is 2. The molecule has 3 aromatic rings. The Balaban J connectivity index is 1.31. The minimum absolute atomic E-state index is 0.0701. The molecule has 166 valence electrons. The average molecular weight is 434 g/mol. The van der Waals surface area contributed by atoms with E-state index in [-0.39, 0.29) is 17.7 Å². The Morgan fingerprint density at radius 3 is 2.56 bits per heavy atom. The number of amides is 1. The molecular weight excluding hydrogens is 406 g/mol. The highest BCUT2D eigenvalue weighted by Gasteiger charge is 2.42. The first-order chi connectivity index (χ1) is 15.5. The zero-order chi connectivity index (χ0) is 22.5. The van der Waals surface area contributed by atoms with Gasteiger partial charge in [0.1, 0.15) is 11.5 Å². The second-order valence-corrected chi connectivity index (χ2v) is 8.25. The summed E-state index contributed by atoms with van der Waals surface area (Å²) in [7, 11) is 1.78. The summed E-state index contributed by atoms with van der Waals surface area (Å²) >= 11 is 0. The highest BCUT2D eigenvalue weighted by atomic mass is 16.5. The van der Waals surface area contributed by atoms with Gasteiger partial charge in [-0.05, 0) is 55.5 Å². The van der Waals surface area contributed by atoms with Gasteiger partial charge in [-0.3, -0.25) is 9.59 Å². The zero-order valence-corrected chi connectivity index (χ0v) is 18.1. The van der Waals surface area contributed by atoms with Gasteiger partial charge in [-0.25, -0.2) is 0 Å². The summed E-state index contributed by atoms with van der Waals surface area (Å²) in [4.78, 5) is 25.5. The van der Waals surface area contributed by atoms with Crippen LogP contribution in [0.2, 0.25) is 0 Å². The summed E-state index contributed by atoms with van der Waals surface area (Å²) in [5, 5.41) is 8.99. The molecule has 0 saturated heterocycles. The second kappa shape index (κ2) is 9.73. The molecule has 1 unspecified atom stereocenters. The maximum Gasteiger partial charge on any atom is 0.306 e. The highest BCUT2D eigenvalue weighted by Crippen LogP contribution is 2.42. The van der Waals surface area contributed by atoms with Crippen molar-refractivity contribution in [1.82, 2.24) is 4.90 Å². The van der Waals surface area contributed by atoms with Crippen molar-refractivity contribution in [3.8, 4) is 17.1 Å². The van der Waals surface area contributed by atoms with Crippen LogP contribution in [0.15, 0.2) is 71.3 Å². The SMILES string of the molecule is CN(Cc1ccccc1OCCCC1C[C@H]1C(=O)O)C(=O)c1ccc(-c2ccco2)cc1. The Morgan fingerprint density at radius 1 is 1.09 bits per heavy atom. The third-order valence-electron chi connectivity index (χ3n) is 5.88. The minimum atomic E-state index is -0.690. The van der Waals surface area contributed by atoms with Crippen molar-refractivity contribution >= 4 is 11.9 Å². The summed E-state index contributed by atoms with van der Waals surface area (Å²) < 4.78 is 11.4. The topological polar surface area (TPSA) is 80.0 Å². The maximum atomic E-state index is 12.9. The largest absolute Gasteiger partial charge is 0.493 e. The van der Waals surface area contributed by atoms with Gasteiger partial charge in [-0.15, -0.1) is 0 Å². The molecule has 4 rings (SSSR count). The van der Waals surface area contributed by atoms with Crippen molar-refractivity contribution in [3.63, 3.8) is 0 Å². The monoisotopic (exact) mass is 433 g/mol. The molecule has 1 N–H and O–H groups in total. The Hall–Kier alpha value is -3.54. The Bertz CT molecular complexity index is 1060. The quantitative estimate of drug-likeness (QED) is 0.450. The van der Waals surface area contributed by atoms with E-state index in [1.54, 1.807) is 30.3 Å². The zero-order valence-electron chi connectivity index (χ0n) is 18.1. The number of ether oxygens (including phenoxy) is 1. The van der Waals surface area contributed by atoms with Crippen LogP contribution in [0, 0.1) is 11.8 Å². The van der Waals surface area contributed by atoms with Crippen LogP contribution in [0.1, 0.15) is 35.2 Å². The lowest BCUT2D eigenvalue weighted by atomic mass is 10.1. The molecule has 1 saturated carbocycles. The number of nitrogens with zero attached hydrogens (tertiary/aromatic N) is 1. The predicted molar refractivity (Wildman–Crippen MR) is 120 cm³/mol. The smallest absolute Gasteiger partial charge is 0.306 e. The first-order valence-corrected chi connectivity index (χ1v) is 10.9. The summed E-state index contributed by atoms with van der Waals surface area (Å²) in [5.41, 5.74) is 2.47. The molecule has 1 amide bonds. The van der Waals surface area contributed by atoms with Crippen LogP contribution < -0.4 is 4.74 Å². The molecule has 1 fully saturated rings. The van der Waals surface area contributed by atoms with Crippen molar-refractivity contribution in [2.75, 3.05) is 13.7 Å². The molecule has 1 aliphatic rings. The Kier molecular flexibility index (Phi) is 6.59. The van der Waals surface area contributed by atoms with Gasteiger partial charge in [0.2, 0.25) is 0 Å². The molecule has 1 heterocycles. The van der Waals surface area contributed by atoms with Crippen LogP contribution in [-0.2, 0) is 11.3 Å². The van der Waals surface area contributed by atoms with Gasteiger partial charge in [0.15, 0.2) is 0 Å². The van der Waals surface area contributed by atoms with E-state index in [0.29, 0.717) is 18.7 Å². The number of rotatable bonds is 10. The van der Waals surface area contributed by atoms with Gasteiger partial charge in [-0.2, -0.15) is 0 Å². The van der Waals surface area contributed by atoms with Crippen LogP contribution in [-0.4, -0.2) is 35.5 Å². The third-order valence-corrected chi connectivity index (χ3v) is 5.88. The van der Waals surface area contributed by atoms with Gasteiger partial charge in [0.05, 0.1) is 18.8 Å². The first kappa shape index (κ1) is 21.7. The van der Waals surface area contributed by atoms with E-state index in [2.05, 4.69) is 0 Å². The molecule has 6 heteroatoms. The lowest BCUT2D eigenvalue weighted by Gasteiger charge is -2.19. The van der Waals surface area contributed by atoms with E-state index in [1.807, 2.05) is 48.5 Å². The van der Waals surface area contributed by atoms with E-state index in [0.717, 1.165) is 41.9 Å². The summed E-state index contributed by atoms with van der Waals surface area (Å²) in [6, 6.07) is 18.8. The van der Waals surface area contributed by atoms with Crippen molar-refractivity contribution in [2.45, 2.75) is 25.8 Å². The van der Waals surface area contributed by atoms with Gasteiger partial charge in [0, 0.05) is 30.3 Å².